The average molecular weight is 304 g/mol. The van der Waals surface area contributed by atoms with E-state index in [1.807, 2.05) is 6.08 Å². The van der Waals surface area contributed by atoms with Crippen molar-refractivity contribution in [3.05, 3.63) is 36.0 Å². The van der Waals surface area contributed by atoms with Crippen molar-refractivity contribution in [3.8, 4) is 0 Å². The Morgan fingerprint density at radius 1 is 1.14 bits per heavy atom. The molecule has 1 heteroatoms. The number of hydrogen-bond acceptors (Lipinski definition) is 1. The van der Waals surface area contributed by atoms with Crippen LogP contribution in [-0.2, 0) is 0 Å². The van der Waals surface area contributed by atoms with Gasteiger partial charge in [-0.05, 0) is 24.0 Å². The van der Waals surface area contributed by atoms with Gasteiger partial charge >= 0.3 is 0 Å². The molecule has 1 heterocycles. The van der Waals surface area contributed by atoms with Crippen molar-refractivity contribution in [2.45, 2.75) is 85.1 Å². The minimum absolute atomic E-state index is 0.225. The van der Waals surface area contributed by atoms with Gasteiger partial charge in [0.15, 0.2) is 0 Å². The van der Waals surface area contributed by atoms with Crippen LogP contribution in [0.15, 0.2) is 36.0 Å². The molecule has 1 aliphatic heterocycles. The largest absolute Gasteiger partial charge is 0.309 e. The number of hydrogen-bond donors (Lipinski definition) is 1. The summed E-state index contributed by atoms with van der Waals surface area (Å²) in [6.45, 7) is 14.2. The first kappa shape index (κ1) is 19.2. The fourth-order valence-electron chi connectivity index (χ4n) is 3.56. The van der Waals surface area contributed by atoms with Gasteiger partial charge in [-0.1, -0.05) is 91.0 Å². The highest BCUT2D eigenvalue weighted by atomic mass is 14.9. The van der Waals surface area contributed by atoms with Crippen molar-refractivity contribution in [1.82, 2.24) is 5.32 Å². The van der Waals surface area contributed by atoms with Crippen molar-refractivity contribution in [2.75, 3.05) is 6.54 Å². The molecule has 1 rings (SSSR count). The lowest BCUT2D eigenvalue weighted by Crippen LogP contribution is -2.44. The van der Waals surface area contributed by atoms with E-state index in [-0.39, 0.29) is 5.41 Å². The standard InChI is InChI=1S/C21H37N/c1-6-9-11-12-13-14-16-20-18(8-3)19(15-10-7-2)21(4,5)17-22-20/h7,10,15,20,22H,2,6,8-9,11-14,16-17H2,1,3-5H3/b15-10-. The van der Waals surface area contributed by atoms with E-state index in [0.717, 1.165) is 13.0 Å². The molecule has 0 fully saturated rings. The van der Waals surface area contributed by atoms with Gasteiger partial charge in [0.1, 0.15) is 0 Å². The van der Waals surface area contributed by atoms with Crippen molar-refractivity contribution < 1.29 is 0 Å². The van der Waals surface area contributed by atoms with E-state index in [9.17, 15) is 0 Å². The molecule has 0 aromatic heterocycles. The van der Waals surface area contributed by atoms with Crippen molar-refractivity contribution in [2.24, 2.45) is 5.41 Å². The maximum atomic E-state index is 3.82. The number of unbranched alkanes of at least 4 members (excludes halogenated alkanes) is 5. The molecule has 0 amide bonds. The Hall–Kier alpha value is -0.820. The zero-order valence-corrected chi connectivity index (χ0v) is 15.4. The van der Waals surface area contributed by atoms with E-state index < -0.39 is 0 Å². The summed E-state index contributed by atoms with van der Waals surface area (Å²) in [6.07, 6.45) is 17.0. The average Bonchev–Trinajstić information content (AvgIpc) is 2.50. The van der Waals surface area contributed by atoms with Crippen LogP contribution in [0.1, 0.15) is 79.1 Å². The van der Waals surface area contributed by atoms with Crippen LogP contribution in [0.5, 0.6) is 0 Å². The molecule has 0 saturated carbocycles. The van der Waals surface area contributed by atoms with Gasteiger partial charge in [-0.25, -0.2) is 0 Å². The summed E-state index contributed by atoms with van der Waals surface area (Å²) < 4.78 is 0. The normalized spacial score (nSPS) is 21.5. The van der Waals surface area contributed by atoms with Crippen LogP contribution in [0.2, 0.25) is 0 Å². The molecule has 1 aliphatic rings. The van der Waals surface area contributed by atoms with Crippen molar-refractivity contribution >= 4 is 0 Å². The highest BCUT2D eigenvalue weighted by molar-refractivity contribution is 5.38. The number of allylic oxidation sites excluding steroid dienone is 3. The second-order valence-corrected chi connectivity index (χ2v) is 7.26. The van der Waals surface area contributed by atoms with Gasteiger partial charge in [0.25, 0.3) is 0 Å². The highest BCUT2D eigenvalue weighted by Gasteiger charge is 2.32. The molecular formula is C21H37N. The number of nitrogens with one attached hydrogen (secondary N) is 1. The van der Waals surface area contributed by atoms with Crippen LogP contribution < -0.4 is 5.32 Å². The monoisotopic (exact) mass is 303 g/mol. The van der Waals surface area contributed by atoms with E-state index in [2.05, 4.69) is 51.7 Å². The molecule has 1 nitrogen and oxygen atoms in total. The molecule has 0 spiro atoms. The molecule has 1 N–H and O–H groups in total. The Labute approximate surface area is 139 Å². The summed E-state index contributed by atoms with van der Waals surface area (Å²) >= 11 is 0. The van der Waals surface area contributed by atoms with E-state index in [4.69, 9.17) is 0 Å². The Bertz CT molecular complexity index is 387. The van der Waals surface area contributed by atoms with E-state index in [1.54, 1.807) is 5.57 Å². The van der Waals surface area contributed by atoms with E-state index in [1.165, 1.54) is 50.5 Å². The predicted octanol–water partition coefficient (Wildman–Crippen LogP) is 6.18. The third kappa shape index (κ3) is 5.76. The first-order valence-corrected chi connectivity index (χ1v) is 9.32. The third-order valence-corrected chi connectivity index (χ3v) is 4.91. The fourth-order valence-corrected chi connectivity index (χ4v) is 3.56. The second-order valence-electron chi connectivity index (χ2n) is 7.26. The minimum Gasteiger partial charge on any atom is -0.309 e. The van der Waals surface area contributed by atoms with Crippen LogP contribution in [0.25, 0.3) is 0 Å². The van der Waals surface area contributed by atoms with Crippen LogP contribution >= 0.6 is 0 Å². The Morgan fingerprint density at radius 2 is 1.82 bits per heavy atom. The summed E-state index contributed by atoms with van der Waals surface area (Å²) in [6, 6.07) is 0.577. The molecule has 1 atom stereocenters. The summed E-state index contributed by atoms with van der Waals surface area (Å²) in [7, 11) is 0. The zero-order valence-electron chi connectivity index (χ0n) is 15.4. The third-order valence-electron chi connectivity index (χ3n) is 4.91. The van der Waals surface area contributed by atoms with Gasteiger partial charge in [-0.15, -0.1) is 0 Å². The van der Waals surface area contributed by atoms with Gasteiger partial charge in [0, 0.05) is 18.0 Å². The second kappa shape index (κ2) is 10.0. The molecule has 0 aromatic rings. The quantitative estimate of drug-likeness (QED) is 0.375. The highest BCUT2D eigenvalue weighted by Crippen LogP contribution is 2.36. The molecule has 22 heavy (non-hydrogen) atoms. The molecule has 126 valence electrons. The summed E-state index contributed by atoms with van der Waals surface area (Å²) in [5, 5.41) is 3.80. The lowest BCUT2D eigenvalue weighted by molar-refractivity contribution is 0.340. The van der Waals surface area contributed by atoms with E-state index in [0.29, 0.717) is 6.04 Å². The maximum Gasteiger partial charge on any atom is 0.0285 e. The fraction of sp³-hybridized carbons (Fsp3) is 0.714. The first-order chi connectivity index (χ1) is 10.6. The summed E-state index contributed by atoms with van der Waals surface area (Å²) in [4.78, 5) is 0. The van der Waals surface area contributed by atoms with Gasteiger partial charge in [0.05, 0.1) is 0 Å². The molecule has 0 radical (unpaired) electrons. The SMILES string of the molecule is C=C/C=C\C1=C(CC)C(CCCCCCCC)NCC1(C)C. The molecule has 0 aromatic carbocycles. The lowest BCUT2D eigenvalue weighted by Gasteiger charge is -2.39. The Balaban J connectivity index is 2.66. The van der Waals surface area contributed by atoms with Crippen LogP contribution in [-0.4, -0.2) is 12.6 Å². The van der Waals surface area contributed by atoms with Crippen LogP contribution in [0.4, 0.5) is 0 Å². The number of rotatable bonds is 10. The summed E-state index contributed by atoms with van der Waals surface area (Å²) in [5.41, 5.74) is 3.37. The summed E-state index contributed by atoms with van der Waals surface area (Å²) in [5.74, 6) is 0. The first-order valence-electron chi connectivity index (χ1n) is 9.32. The molecule has 1 unspecified atom stereocenters. The van der Waals surface area contributed by atoms with Gasteiger partial charge in [-0.2, -0.15) is 0 Å². The maximum absolute atomic E-state index is 3.82. The molecule has 0 saturated heterocycles. The molecule has 0 aliphatic carbocycles. The van der Waals surface area contributed by atoms with Crippen LogP contribution in [0.3, 0.4) is 0 Å². The minimum atomic E-state index is 0.225. The van der Waals surface area contributed by atoms with Crippen molar-refractivity contribution in [1.29, 1.82) is 0 Å². The lowest BCUT2D eigenvalue weighted by atomic mass is 9.74. The Kier molecular flexibility index (Phi) is 8.78. The molecule has 0 bridgehead atoms. The smallest absolute Gasteiger partial charge is 0.0285 e. The van der Waals surface area contributed by atoms with Gasteiger partial charge < -0.3 is 5.32 Å². The van der Waals surface area contributed by atoms with Crippen molar-refractivity contribution in [3.63, 3.8) is 0 Å². The van der Waals surface area contributed by atoms with Gasteiger partial charge in [-0.3, -0.25) is 0 Å². The Morgan fingerprint density at radius 3 is 2.45 bits per heavy atom. The van der Waals surface area contributed by atoms with E-state index >= 15 is 0 Å². The van der Waals surface area contributed by atoms with Gasteiger partial charge in [0.2, 0.25) is 0 Å². The predicted molar refractivity (Wildman–Crippen MR) is 100 cm³/mol. The molecular weight excluding hydrogens is 266 g/mol. The zero-order chi connectivity index (χ0) is 16.4. The van der Waals surface area contributed by atoms with Crippen LogP contribution in [0, 0.1) is 5.41 Å². The topological polar surface area (TPSA) is 12.0 Å².